The van der Waals surface area contributed by atoms with Gasteiger partial charge in [0.15, 0.2) is 0 Å². The van der Waals surface area contributed by atoms with Gasteiger partial charge in [-0.3, -0.25) is 14.4 Å². The Labute approximate surface area is 193 Å². The molecule has 3 amide bonds. The number of carbonyl (C=O) groups excluding carboxylic acids is 3. The fraction of sp³-hybridized carbons (Fsp3) is 0.125. The maximum Gasteiger partial charge on any atom is 0.416 e. The number of alkyl halides is 3. The van der Waals surface area contributed by atoms with Gasteiger partial charge in [-0.05, 0) is 54.6 Å². The van der Waals surface area contributed by atoms with E-state index >= 15 is 0 Å². The zero-order valence-electron chi connectivity index (χ0n) is 18.0. The summed E-state index contributed by atoms with van der Waals surface area (Å²) in [5.41, 5.74) is 0.850. The van der Waals surface area contributed by atoms with Crippen molar-refractivity contribution in [3.63, 3.8) is 0 Å². The third-order valence-electron chi connectivity index (χ3n) is 4.49. The standard InChI is InChI=1S/C24H21F3N4O3/c1-15(32)29-20-9-4-10-21(13-20)30-22(33)14-28-18-7-2-5-16(11-18)23(34)31-19-8-3-6-17(12-19)24(25,26)27/h2-13,28H,14H2,1H3,(H,29,32)(H,30,33)(H,31,34). The highest BCUT2D eigenvalue weighted by atomic mass is 19.4. The van der Waals surface area contributed by atoms with E-state index in [9.17, 15) is 27.6 Å². The van der Waals surface area contributed by atoms with E-state index in [1.807, 2.05) is 0 Å². The van der Waals surface area contributed by atoms with Gasteiger partial charge in [-0.1, -0.05) is 18.2 Å². The van der Waals surface area contributed by atoms with Crippen LogP contribution in [0.1, 0.15) is 22.8 Å². The van der Waals surface area contributed by atoms with Crippen LogP contribution >= 0.6 is 0 Å². The normalized spacial score (nSPS) is 10.8. The zero-order valence-corrected chi connectivity index (χ0v) is 18.0. The van der Waals surface area contributed by atoms with Gasteiger partial charge >= 0.3 is 6.18 Å². The van der Waals surface area contributed by atoms with Gasteiger partial charge in [-0.25, -0.2) is 0 Å². The number of nitrogens with one attached hydrogen (secondary N) is 4. The Bertz CT molecular complexity index is 1210. The molecule has 10 heteroatoms. The lowest BCUT2D eigenvalue weighted by Crippen LogP contribution is -2.22. The number of benzene rings is 3. The predicted octanol–water partition coefficient (Wildman–Crippen LogP) is 4.97. The lowest BCUT2D eigenvalue weighted by atomic mass is 10.1. The van der Waals surface area contributed by atoms with E-state index in [0.29, 0.717) is 17.1 Å². The SMILES string of the molecule is CC(=O)Nc1cccc(NC(=O)CNc2cccc(C(=O)Nc3cccc(C(F)(F)F)c3)c2)c1. The molecule has 0 spiro atoms. The second-order valence-corrected chi connectivity index (χ2v) is 7.28. The molecule has 7 nitrogen and oxygen atoms in total. The second kappa shape index (κ2) is 10.5. The van der Waals surface area contributed by atoms with Gasteiger partial charge in [0, 0.05) is 35.2 Å². The number of hydrogen-bond donors (Lipinski definition) is 4. The van der Waals surface area contributed by atoms with E-state index in [1.54, 1.807) is 36.4 Å². The van der Waals surface area contributed by atoms with Crippen molar-refractivity contribution >= 4 is 40.5 Å². The zero-order chi connectivity index (χ0) is 24.7. The summed E-state index contributed by atoms with van der Waals surface area (Å²) in [7, 11) is 0. The summed E-state index contributed by atoms with van der Waals surface area (Å²) in [5, 5.41) is 10.6. The summed E-state index contributed by atoms with van der Waals surface area (Å²) < 4.78 is 38.6. The summed E-state index contributed by atoms with van der Waals surface area (Å²) in [6.45, 7) is 1.27. The highest BCUT2D eigenvalue weighted by molar-refractivity contribution is 6.05. The predicted molar refractivity (Wildman–Crippen MR) is 124 cm³/mol. The molecular formula is C24H21F3N4O3. The fourth-order valence-corrected chi connectivity index (χ4v) is 3.01. The van der Waals surface area contributed by atoms with Crippen LogP contribution in [0.3, 0.4) is 0 Å². The molecule has 34 heavy (non-hydrogen) atoms. The Morgan fingerprint density at radius 2 is 1.32 bits per heavy atom. The molecule has 3 aromatic carbocycles. The molecule has 4 N–H and O–H groups in total. The Kier molecular flexibility index (Phi) is 7.52. The Hall–Kier alpha value is -4.34. The quantitative estimate of drug-likeness (QED) is 0.392. The molecule has 176 valence electrons. The molecule has 0 aromatic heterocycles. The van der Waals surface area contributed by atoms with Crippen LogP contribution in [0.15, 0.2) is 72.8 Å². The van der Waals surface area contributed by atoms with Crippen molar-refractivity contribution in [1.29, 1.82) is 0 Å². The van der Waals surface area contributed by atoms with E-state index in [4.69, 9.17) is 0 Å². The maximum atomic E-state index is 12.9. The summed E-state index contributed by atoms with van der Waals surface area (Å²) in [6, 6.07) is 17.2. The van der Waals surface area contributed by atoms with Crippen LogP contribution in [0.4, 0.5) is 35.9 Å². The van der Waals surface area contributed by atoms with Gasteiger partial charge in [-0.2, -0.15) is 13.2 Å². The van der Waals surface area contributed by atoms with Crippen molar-refractivity contribution in [2.75, 3.05) is 27.8 Å². The van der Waals surface area contributed by atoms with Crippen LogP contribution in [0.5, 0.6) is 0 Å². The Morgan fingerprint density at radius 1 is 0.735 bits per heavy atom. The molecule has 0 unspecified atom stereocenters. The van der Waals surface area contributed by atoms with Crippen LogP contribution < -0.4 is 21.3 Å². The Morgan fingerprint density at radius 3 is 2.00 bits per heavy atom. The molecule has 0 radical (unpaired) electrons. The highest BCUT2D eigenvalue weighted by Crippen LogP contribution is 2.30. The first-order chi connectivity index (χ1) is 16.1. The minimum Gasteiger partial charge on any atom is -0.376 e. The molecule has 0 fully saturated rings. The average Bonchev–Trinajstić information content (AvgIpc) is 2.77. The first kappa shape index (κ1) is 24.3. The highest BCUT2D eigenvalue weighted by Gasteiger charge is 2.30. The first-order valence-corrected chi connectivity index (χ1v) is 10.1. The van der Waals surface area contributed by atoms with E-state index in [0.717, 1.165) is 12.1 Å². The molecule has 3 rings (SSSR count). The van der Waals surface area contributed by atoms with Crippen LogP contribution in [-0.2, 0) is 15.8 Å². The first-order valence-electron chi connectivity index (χ1n) is 10.1. The number of anilines is 4. The van der Waals surface area contributed by atoms with Crippen LogP contribution in [0, 0.1) is 0 Å². The maximum absolute atomic E-state index is 12.9. The molecular weight excluding hydrogens is 449 g/mol. The van der Waals surface area contributed by atoms with Gasteiger partial charge in [0.2, 0.25) is 11.8 Å². The average molecular weight is 470 g/mol. The molecule has 0 aliphatic heterocycles. The van der Waals surface area contributed by atoms with E-state index in [-0.39, 0.29) is 29.6 Å². The van der Waals surface area contributed by atoms with Crippen molar-refractivity contribution in [2.24, 2.45) is 0 Å². The number of hydrogen-bond acceptors (Lipinski definition) is 4. The van der Waals surface area contributed by atoms with Gasteiger partial charge in [-0.15, -0.1) is 0 Å². The van der Waals surface area contributed by atoms with Crippen LogP contribution in [0.25, 0.3) is 0 Å². The number of halogens is 3. The minimum atomic E-state index is -4.52. The van der Waals surface area contributed by atoms with E-state index in [1.165, 1.54) is 31.2 Å². The lowest BCUT2D eigenvalue weighted by Gasteiger charge is -2.11. The van der Waals surface area contributed by atoms with Crippen molar-refractivity contribution < 1.29 is 27.6 Å². The van der Waals surface area contributed by atoms with Crippen molar-refractivity contribution in [2.45, 2.75) is 13.1 Å². The molecule has 0 saturated heterocycles. The third-order valence-corrected chi connectivity index (χ3v) is 4.49. The number of rotatable bonds is 7. The third kappa shape index (κ3) is 7.09. The van der Waals surface area contributed by atoms with Crippen molar-refractivity contribution in [1.82, 2.24) is 0 Å². The van der Waals surface area contributed by atoms with Gasteiger partial charge in [0.05, 0.1) is 12.1 Å². The van der Waals surface area contributed by atoms with E-state index in [2.05, 4.69) is 21.3 Å². The molecule has 0 aliphatic carbocycles. The monoisotopic (exact) mass is 470 g/mol. The fourth-order valence-electron chi connectivity index (χ4n) is 3.01. The second-order valence-electron chi connectivity index (χ2n) is 7.28. The smallest absolute Gasteiger partial charge is 0.376 e. The molecule has 3 aromatic rings. The van der Waals surface area contributed by atoms with E-state index < -0.39 is 17.6 Å². The summed E-state index contributed by atoms with van der Waals surface area (Å²) in [6.07, 6.45) is -4.52. The molecule has 0 bridgehead atoms. The summed E-state index contributed by atoms with van der Waals surface area (Å²) >= 11 is 0. The van der Waals surface area contributed by atoms with Gasteiger partial charge in [0.1, 0.15) is 0 Å². The van der Waals surface area contributed by atoms with Crippen molar-refractivity contribution in [3.05, 3.63) is 83.9 Å². The number of carbonyl (C=O) groups is 3. The number of amides is 3. The summed E-state index contributed by atoms with van der Waals surface area (Å²) in [4.78, 5) is 35.9. The molecule has 0 aliphatic rings. The largest absolute Gasteiger partial charge is 0.416 e. The van der Waals surface area contributed by atoms with Crippen LogP contribution in [-0.4, -0.2) is 24.3 Å². The van der Waals surface area contributed by atoms with Gasteiger partial charge < -0.3 is 21.3 Å². The summed E-state index contributed by atoms with van der Waals surface area (Å²) in [5.74, 6) is -1.19. The molecule has 0 saturated carbocycles. The van der Waals surface area contributed by atoms with Crippen LogP contribution in [0.2, 0.25) is 0 Å². The molecule has 0 atom stereocenters. The topological polar surface area (TPSA) is 99.3 Å². The van der Waals surface area contributed by atoms with Gasteiger partial charge in [0.25, 0.3) is 5.91 Å². The molecule has 0 heterocycles. The Balaban J connectivity index is 1.59. The van der Waals surface area contributed by atoms with Crippen molar-refractivity contribution in [3.8, 4) is 0 Å². The minimum absolute atomic E-state index is 0.0130. The lowest BCUT2D eigenvalue weighted by molar-refractivity contribution is -0.137.